The molecule has 0 aliphatic heterocycles. The van der Waals surface area contributed by atoms with Gasteiger partial charge in [-0.05, 0) is 46.0 Å². The maximum atomic E-state index is 2.40. The van der Waals surface area contributed by atoms with E-state index in [1.54, 1.807) is 0 Å². The van der Waals surface area contributed by atoms with Crippen LogP contribution in [0.25, 0.3) is 32.7 Å². The minimum atomic E-state index is 1.14. The molecule has 33 heavy (non-hydrogen) atoms. The minimum absolute atomic E-state index is 1.14. The summed E-state index contributed by atoms with van der Waals surface area (Å²) in [7, 11) is 0. The SMILES string of the molecule is c1ccc(-c2c(N(c3ccccc3)c3ccccc3)c3ccccc3c3ccccc23)cc1. The second kappa shape index (κ2) is 8.29. The smallest absolute Gasteiger partial charge is 0.0624 e. The van der Waals surface area contributed by atoms with E-state index in [2.05, 4.69) is 144 Å². The third kappa shape index (κ3) is 3.35. The van der Waals surface area contributed by atoms with E-state index in [0.717, 1.165) is 11.4 Å². The average Bonchev–Trinajstić information content (AvgIpc) is 2.91. The maximum Gasteiger partial charge on any atom is 0.0624 e. The van der Waals surface area contributed by atoms with E-state index in [4.69, 9.17) is 0 Å². The monoisotopic (exact) mass is 421 g/mol. The van der Waals surface area contributed by atoms with Gasteiger partial charge in [-0.3, -0.25) is 0 Å². The molecule has 0 fully saturated rings. The molecule has 1 heteroatoms. The number of hydrogen-bond donors (Lipinski definition) is 0. The Morgan fingerprint density at radius 1 is 0.333 bits per heavy atom. The lowest BCUT2D eigenvalue weighted by Crippen LogP contribution is -2.12. The van der Waals surface area contributed by atoms with E-state index in [-0.39, 0.29) is 0 Å². The van der Waals surface area contributed by atoms with Crippen molar-refractivity contribution in [2.45, 2.75) is 0 Å². The fraction of sp³-hybridized carbons (Fsp3) is 0. The van der Waals surface area contributed by atoms with Crippen LogP contribution in [0.2, 0.25) is 0 Å². The van der Waals surface area contributed by atoms with Crippen LogP contribution in [0.5, 0.6) is 0 Å². The average molecular weight is 422 g/mol. The van der Waals surface area contributed by atoms with Crippen molar-refractivity contribution in [3.05, 3.63) is 140 Å². The zero-order valence-corrected chi connectivity index (χ0v) is 18.2. The lowest BCUT2D eigenvalue weighted by molar-refractivity contribution is 1.30. The molecule has 0 atom stereocenters. The van der Waals surface area contributed by atoms with E-state index in [1.165, 1.54) is 38.4 Å². The third-order valence-corrected chi connectivity index (χ3v) is 6.22. The molecule has 6 rings (SSSR count). The van der Waals surface area contributed by atoms with Gasteiger partial charge in [-0.2, -0.15) is 0 Å². The first-order chi connectivity index (χ1) is 16.4. The normalized spacial score (nSPS) is 11.0. The Bertz CT molecular complexity index is 1500. The molecule has 6 aromatic rings. The first-order valence-electron chi connectivity index (χ1n) is 11.3. The zero-order valence-electron chi connectivity index (χ0n) is 18.2. The van der Waals surface area contributed by atoms with E-state index >= 15 is 0 Å². The number of fused-ring (bicyclic) bond motifs is 3. The van der Waals surface area contributed by atoms with E-state index in [9.17, 15) is 0 Å². The Labute approximate surface area is 194 Å². The van der Waals surface area contributed by atoms with Gasteiger partial charge in [0.15, 0.2) is 0 Å². The van der Waals surface area contributed by atoms with Gasteiger partial charge in [0, 0.05) is 22.3 Å². The van der Waals surface area contributed by atoms with Crippen molar-refractivity contribution in [1.82, 2.24) is 0 Å². The van der Waals surface area contributed by atoms with Crippen molar-refractivity contribution < 1.29 is 0 Å². The quantitative estimate of drug-likeness (QED) is 0.256. The van der Waals surface area contributed by atoms with Gasteiger partial charge in [0.25, 0.3) is 0 Å². The first-order valence-corrected chi connectivity index (χ1v) is 11.3. The Hall–Kier alpha value is -4.36. The lowest BCUT2D eigenvalue weighted by Gasteiger charge is -2.30. The van der Waals surface area contributed by atoms with E-state index in [1.807, 2.05) is 0 Å². The summed E-state index contributed by atoms with van der Waals surface area (Å²) < 4.78 is 0. The highest BCUT2D eigenvalue weighted by atomic mass is 15.1. The molecule has 1 nitrogen and oxygen atoms in total. The predicted molar refractivity (Wildman–Crippen MR) is 142 cm³/mol. The molecule has 0 saturated heterocycles. The van der Waals surface area contributed by atoms with Gasteiger partial charge in [0.05, 0.1) is 5.69 Å². The Morgan fingerprint density at radius 2 is 0.727 bits per heavy atom. The summed E-state index contributed by atoms with van der Waals surface area (Å²) in [6, 6.07) is 49.6. The molecule has 0 saturated carbocycles. The van der Waals surface area contributed by atoms with Gasteiger partial charge in [0.2, 0.25) is 0 Å². The lowest BCUT2D eigenvalue weighted by atomic mass is 9.90. The van der Waals surface area contributed by atoms with Crippen LogP contribution in [0.3, 0.4) is 0 Å². The van der Waals surface area contributed by atoms with Crippen molar-refractivity contribution in [3.63, 3.8) is 0 Å². The summed E-state index contributed by atoms with van der Waals surface area (Å²) in [5, 5.41) is 5.04. The molecule has 0 aliphatic rings. The number of benzene rings is 6. The van der Waals surface area contributed by atoms with Crippen LogP contribution >= 0.6 is 0 Å². The number of para-hydroxylation sites is 2. The van der Waals surface area contributed by atoms with Gasteiger partial charge in [-0.1, -0.05) is 115 Å². The number of hydrogen-bond acceptors (Lipinski definition) is 1. The summed E-state index contributed by atoms with van der Waals surface area (Å²) >= 11 is 0. The molecule has 6 aromatic carbocycles. The Kier molecular flexibility index (Phi) is 4.86. The van der Waals surface area contributed by atoms with Crippen molar-refractivity contribution in [1.29, 1.82) is 0 Å². The standard InChI is InChI=1S/C32H23N/c1-4-14-24(15-5-1)31-29-22-12-10-20-27(29)28-21-11-13-23-30(28)32(31)33(25-16-6-2-7-17-25)26-18-8-3-9-19-26/h1-23H. The molecule has 156 valence electrons. The zero-order chi connectivity index (χ0) is 22.0. The topological polar surface area (TPSA) is 3.24 Å². The van der Waals surface area contributed by atoms with Gasteiger partial charge in [-0.15, -0.1) is 0 Å². The highest BCUT2D eigenvalue weighted by molar-refractivity contribution is 6.22. The summed E-state index contributed by atoms with van der Waals surface area (Å²) in [6.45, 7) is 0. The molecule has 0 radical (unpaired) electrons. The van der Waals surface area contributed by atoms with Crippen LogP contribution < -0.4 is 4.90 Å². The van der Waals surface area contributed by atoms with Gasteiger partial charge in [0.1, 0.15) is 0 Å². The molecule has 0 unspecified atom stereocenters. The van der Waals surface area contributed by atoms with Crippen LogP contribution in [0.1, 0.15) is 0 Å². The van der Waals surface area contributed by atoms with Crippen LogP contribution in [0.4, 0.5) is 17.1 Å². The molecule has 0 aromatic heterocycles. The maximum absolute atomic E-state index is 2.40. The van der Waals surface area contributed by atoms with Crippen molar-refractivity contribution in [2.75, 3.05) is 4.90 Å². The summed E-state index contributed by atoms with van der Waals surface area (Å²) in [5.41, 5.74) is 5.94. The molecule has 0 spiro atoms. The van der Waals surface area contributed by atoms with E-state index in [0.29, 0.717) is 0 Å². The molecular formula is C32H23N. The van der Waals surface area contributed by atoms with Crippen LogP contribution in [0.15, 0.2) is 140 Å². The number of anilines is 3. The van der Waals surface area contributed by atoms with Gasteiger partial charge >= 0.3 is 0 Å². The minimum Gasteiger partial charge on any atom is -0.309 e. The summed E-state index contributed by atoms with van der Waals surface area (Å²) in [5.74, 6) is 0. The summed E-state index contributed by atoms with van der Waals surface area (Å²) in [6.07, 6.45) is 0. The molecule has 0 aliphatic carbocycles. The fourth-order valence-electron chi connectivity index (χ4n) is 4.81. The largest absolute Gasteiger partial charge is 0.309 e. The molecule has 0 heterocycles. The van der Waals surface area contributed by atoms with Crippen LogP contribution in [-0.2, 0) is 0 Å². The Morgan fingerprint density at radius 3 is 1.27 bits per heavy atom. The van der Waals surface area contributed by atoms with Crippen molar-refractivity contribution in [3.8, 4) is 11.1 Å². The molecule has 0 N–H and O–H groups in total. The molecule has 0 amide bonds. The first kappa shape index (κ1) is 19.3. The molecular weight excluding hydrogens is 398 g/mol. The van der Waals surface area contributed by atoms with Crippen molar-refractivity contribution >= 4 is 38.6 Å². The fourth-order valence-corrected chi connectivity index (χ4v) is 4.81. The second-order valence-corrected chi connectivity index (χ2v) is 8.19. The van der Waals surface area contributed by atoms with Gasteiger partial charge in [-0.25, -0.2) is 0 Å². The van der Waals surface area contributed by atoms with Crippen LogP contribution in [0, 0.1) is 0 Å². The summed E-state index contributed by atoms with van der Waals surface area (Å²) in [4.78, 5) is 2.40. The Balaban J connectivity index is 1.83. The van der Waals surface area contributed by atoms with Crippen LogP contribution in [-0.4, -0.2) is 0 Å². The number of nitrogens with zero attached hydrogens (tertiary/aromatic N) is 1. The number of rotatable bonds is 4. The van der Waals surface area contributed by atoms with E-state index < -0.39 is 0 Å². The van der Waals surface area contributed by atoms with Gasteiger partial charge < -0.3 is 4.90 Å². The highest BCUT2D eigenvalue weighted by Crippen LogP contribution is 2.48. The predicted octanol–water partition coefficient (Wildman–Crippen LogP) is 9.13. The molecule has 0 bridgehead atoms. The second-order valence-electron chi connectivity index (χ2n) is 8.19. The third-order valence-electron chi connectivity index (χ3n) is 6.22. The van der Waals surface area contributed by atoms with Crippen molar-refractivity contribution in [2.24, 2.45) is 0 Å². The highest BCUT2D eigenvalue weighted by Gasteiger charge is 2.22.